The molecule has 0 atom stereocenters. The summed E-state index contributed by atoms with van der Waals surface area (Å²) >= 11 is 0. The molecule has 1 aromatic rings. The highest BCUT2D eigenvalue weighted by Crippen LogP contribution is 2.17. The van der Waals surface area contributed by atoms with Crippen molar-refractivity contribution < 1.29 is 28.8 Å². The van der Waals surface area contributed by atoms with Crippen LogP contribution in [0.15, 0.2) is 24.4 Å². The Morgan fingerprint density at radius 2 is 1.73 bits per heavy atom. The SMILES string of the molecule is CC.CC(C)(C)OC(=O)N(CCCCC(=O)ON1C(=O)CCC1=O)c1ccccn1. The molecule has 1 aliphatic rings. The number of rotatable bonds is 7. The van der Waals surface area contributed by atoms with Crippen LogP contribution in [0.25, 0.3) is 0 Å². The number of unbranched alkanes of at least 4 members (excludes halogenated alkanes) is 1. The largest absolute Gasteiger partial charge is 0.443 e. The average Bonchev–Trinajstić information content (AvgIpc) is 3.00. The van der Waals surface area contributed by atoms with Gasteiger partial charge in [-0.25, -0.2) is 14.6 Å². The second kappa shape index (κ2) is 11.9. The fourth-order valence-electron chi connectivity index (χ4n) is 2.47. The molecule has 2 heterocycles. The van der Waals surface area contributed by atoms with Gasteiger partial charge in [-0.2, -0.15) is 0 Å². The van der Waals surface area contributed by atoms with Gasteiger partial charge in [-0.05, 0) is 45.7 Å². The first-order valence-electron chi connectivity index (χ1n) is 10.2. The lowest BCUT2D eigenvalue weighted by atomic mass is 10.2. The molecule has 1 saturated heterocycles. The van der Waals surface area contributed by atoms with Gasteiger partial charge in [-0.1, -0.05) is 19.9 Å². The van der Waals surface area contributed by atoms with Crippen molar-refractivity contribution in [3.8, 4) is 0 Å². The van der Waals surface area contributed by atoms with E-state index in [2.05, 4.69) is 4.98 Å². The number of pyridine rings is 1. The number of imide groups is 1. The monoisotopic (exact) mass is 421 g/mol. The third-order valence-corrected chi connectivity index (χ3v) is 3.75. The highest BCUT2D eigenvalue weighted by Gasteiger charge is 2.32. The van der Waals surface area contributed by atoms with Crippen molar-refractivity contribution in [2.45, 2.75) is 72.3 Å². The number of ether oxygens (including phenoxy) is 1. The Hall–Kier alpha value is -2.97. The van der Waals surface area contributed by atoms with Gasteiger partial charge in [0.2, 0.25) is 0 Å². The smallest absolute Gasteiger partial charge is 0.416 e. The fraction of sp³-hybridized carbons (Fsp3) is 0.571. The summed E-state index contributed by atoms with van der Waals surface area (Å²) in [5, 5.41) is 0.531. The number of nitrogens with zero attached hydrogens (tertiary/aromatic N) is 3. The molecule has 0 spiro atoms. The highest BCUT2D eigenvalue weighted by atomic mass is 16.7. The zero-order valence-electron chi connectivity index (χ0n) is 18.3. The molecule has 1 aliphatic heterocycles. The topological polar surface area (TPSA) is 106 Å². The lowest BCUT2D eigenvalue weighted by Gasteiger charge is -2.26. The Labute approximate surface area is 177 Å². The van der Waals surface area contributed by atoms with E-state index in [0.29, 0.717) is 30.3 Å². The predicted molar refractivity (Wildman–Crippen MR) is 110 cm³/mol. The predicted octanol–water partition coefficient (Wildman–Crippen LogP) is 3.63. The molecule has 9 nitrogen and oxygen atoms in total. The van der Waals surface area contributed by atoms with E-state index in [1.165, 1.54) is 4.90 Å². The van der Waals surface area contributed by atoms with Gasteiger partial charge in [0, 0.05) is 32.0 Å². The lowest BCUT2D eigenvalue weighted by molar-refractivity contribution is -0.197. The average molecular weight is 421 g/mol. The summed E-state index contributed by atoms with van der Waals surface area (Å²) in [6, 6.07) is 5.21. The van der Waals surface area contributed by atoms with Gasteiger partial charge in [0.25, 0.3) is 11.8 Å². The van der Waals surface area contributed by atoms with Crippen LogP contribution in [0.3, 0.4) is 0 Å². The normalized spacial score (nSPS) is 13.4. The van der Waals surface area contributed by atoms with Crippen LogP contribution < -0.4 is 4.90 Å². The summed E-state index contributed by atoms with van der Waals surface area (Å²) in [5.41, 5.74) is -0.650. The highest BCUT2D eigenvalue weighted by molar-refractivity contribution is 6.01. The minimum absolute atomic E-state index is 0.0153. The number of amides is 3. The lowest BCUT2D eigenvalue weighted by Crippen LogP contribution is -2.38. The van der Waals surface area contributed by atoms with E-state index in [9.17, 15) is 19.2 Å². The van der Waals surface area contributed by atoms with Gasteiger partial charge in [-0.3, -0.25) is 14.5 Å². The van der Waals surface area contributed by atoms with Crippen molar-refractivity contribution in [3.63, 3.8) is 0 Å². The zero-order chi connectivity index (χ0) is 22.7. The number of hydroxylamine groups is 2. The second-order valence-electron chi connectivity index (χ2n) is 7.32. The summed E-state index contributed by atoms with van der Waals surface area (Å²) in [7, 11) is 0. The van der Waals surface area contributed by atoms with Crippen molar-refractivity contribution in [2.24, 2.45) is 0 Å². The molecule has 0 N–H and O–H groups in total. The molecule has 0 bridgehead atoms. The van der Waals surface area contributed by atoms with E-state index < -0.39 is 29.5 Å². The molecule has 0 radical (unpaired) electrons. The number of carbonyl (C=O) groups excluding carboxylic acids is 4. The summed E-state index contributed by atoms with van der Waals surface area (Å²) in [6.07, 6.45) is 2.06. The van der Waals surface area contributed by atoms with Crippen LogP contribution in [0, 0.1) is 0 Å². The van der Waals surface area contributed by atoms with E-state index >= 15 is 0 Å². The molecule has 1 fully saturated rings. The molecule has 1 aromatic heterocycles. The maximum atomic E-state index is 12.5. The zero-order valence-corrected chi connectivity index (χ0v) is 18.3. The number of aromatic nitrogens is 1. The third-order valence-electron chi connectivity index (χ3n) is 3.75. The van der Waals surface area contributed by atoms with Crippen molar-refractivity contribution in [3.05, 3.63) is 24.4 Å². The standard InChI is InChI=1S/C19H25N3O6.C2H6/c1-19(2,3)27-18(26)21(14-8-4-6-12-20-14)13-7-5-9-17(25)28-22-15(23)10-11-16(22)24;1-2/h4,6,8,12H,5,7,9-11,13H2,1-3H3;1-2H3. The third kappa shape index (κ3) is 8.18. The molecule has 0 aromatic carbocycles. The van der Waals surface area contributed by atoms with E-state index in [4.69, 9.17) is 9.57 Å². The van der Waals surface area contributed by atoms with E-state index in [1.54, 1.807) is 45.2 Å². The first-order chi connectivity index (χ1) is 14.2. The van der Waals surface area contributed by atoms with E-state index in [0.717, 1.165) is 0 Å². The van der Waals surface area contributed by atoms with Crippen LogP contribution in [0.5, 0.6) is 0 Å². The van der Waals surface area contributed by atoms with E-state index in [1.807, 2.05) is 13.8 Å². The molecule has 0 saturated carbocycles. The second-order valence-corrected chi connectivity index (χ2v) is 7.32. The molecule has 2 rings (SSSR count). The first-order valence-corrected chi connectivity index (χ1v) is 10.2. The summed E-state index contributed by atoms with van der Waals surface area (Å²) in [5.74, 6) is -1.23. The molecule has 30 heavy (non-hydrogen) atoms. The molecular weight excluding hydrogens is 390 g/mol. The number of carbonyl (C=O) groups is 4. The maximum Gasteiger partial charge on any atom is 0.416 e. The van der Waals surface area contributed by atoms with Crippen LogP contribution in [-0.2, 0) is 24.0 Å². The van der Waals surface area contributed by atoms with Gasteiger partial charge in [0.15, 0.2) is 0 Å². The molecule has 166 valence electrons. The summed E-state index contributed by atoms with van der Waals surface area (Å²) in [4.78, 5) is 57.6. The summed E-state index contributed by atoms with van der Waals surface area (Å²) < 4.78 is 5.42. The Kier molecular flexibility index (Phi) is 9.94. The van der Waals surface area contributed by atoms with E-state index in [-0.39, 0.29) is 19.3 Å². The van der Waals surface area contributed by atoms with Crippen LogP contribution >= 0.6 is 0 Å². The van der Waals surface area contributed by atoms with Gasteiger partial charge in [0.05, 0.1) is 0 Å². The molecule has 0 aliphatic carbocycles. The van der Waals surface area contributed by atoms with Crippen molar-refractivity contribution >= 4 is 29.7 Å². The van der Waals surface area contributed by atoms with Gasteiger partial charge in [-0.15, -0.1) is 5.06 Å². The Balaban J connectivity index is 0.00000218. The first kappa shape index (κ1) is 25.1. The van der Waals surface area contributed by atoms with Crippen molar-refractivity contribution in [2.75, 3.05) is 11.4 Å². The van der Waals surface area contributed by atoms with Gasteiger partial charge in [0.1, 0.15) is 11.4 Å². The fourth-order valence-corrected chi connectivity index (χ4v) is 2.47. The van der Waals surface area contributed by atoms with Crippen LogP contribution in [0.2, 0.25) is 0 Å². The Morgan fingerprint density at radius 3 is 2.27 bits per heavy atom. The number of hydrogen-bond acceptors (Lipinski definition) is 7. The minimum Gasteiger partial charge on any atom is -0.443 e. The van der Waals surface area contributed by atoms with Crippen LogP contribution in [-0.4, -0.2) is 46.1 Å². The Morgan fingerprint density at radius 1 is 1.10 bits per heavy atom. The number of hydrogen-bond donors (Lipinski definition) is 0. The minimum atomic E-state index is -0.662. The Bertz CT molecular complexity index is 714. The number of anilines is 1. The molecular formula is C21H31N3O6. The molecule has 3 amide bonds. The van der Waals surface area contributed by atoms with Crippen LogP contribution in [0.1, 0.15) is 66.7 Å². The maximum absolute atomic E-state index is 12.5. The molecule has 9 heteroatoms. The van der Waals surface area contributed by atoms with Crippen LogP contribution in [0.4, 0.5) is 10.6 Å². The van der Waals surface area contributed by atoms with Gasteiger partial charge < -0.3 is 9.57 Å². The van der Waals surface area contributed by atoms with Gasteiger partial charge >= 0.3 is 12.1 Å². The van der Waals surface area contributed by atoms with Crippen molar-refractivity contribution in [1.82, 2.24) is 10.0 Å². The molecule has 0 unspecified atom stereocenters. The summed E-state index contributed by atoms with van der Waals surface area (Å²) in [6.45, 7) is 9.62. The quantitative estimate of drug-likeness (QED) is 0.489. The van der Waals surface area contributed by atoms with Crippen molar-refractivity contribution in [1.29, 1.82) is 0 Å².